The number of rotatable bonds is 0. The summed E-state index contributed by atoms with van der Waals surface area (Å²) in [5.74, 6) is 0.569. The van der Waals surface area contributed by atoms with Crippen molar-refractivity contribution < 1.29 is 4.74 Å². The number of hydrogen-bond acceptors (Lipinski definition) is 3. The molecule has 1 N–H and O–H groups in total. The van der Waals surface area contributed by atoms with E-state index in [-0.39, 0.29) is 5.56 Å². The van der Waals surface area contributed by atoms with Gasteiger partial charge in [0.25, 0.3) is 5.56 Å². The molecule has 0 aliphatic carbocycles. The Balaban J connectivity index is 2.63. The van der Waals surface area contributed by atoms with Crippen LogP contribution < -0.4 is 10.3 Å². The van der Waals surface area contributed by atoms with Crippen molar-refractivity contribution in [1.29, 1.82) is 0 Å². The van der Waals surface area contributed by atoms with E-state index in [4.69, 9.17) is 4.74 Å². The van der Waals surface area contributed by atoms with Crippen LogP contribution >= 0.6 is 0 Å². The van der Waals surface area contributed by atoms with Crippen LogP contribution in [0.4, 0.5) is 0 Å². The van der Waals surface area contributed by atoms with Crippen molar-refractivity contribution in [3.05, 3.63) is 22.0 Å². The summed E-state index contributed by atoms with van der Waals surface area (Å²) in [6.45, 7) is 0.639. The maximum absolute atomic E-state index is 10.7. The third-order valence-corrected chi connectivity index (χ3v) is 1.46. The molecule has 2 rings (SSSR count). The molecular formula is C6H6N2O2. The molecule has 2 heterocycles. The maximum atomic E-state index is 10.7. The summed E-state index contributed by atoms with van der Waals surface area (Å²) in [7, 11) is 0. The van der Waals surface area contributed by atoms with Crippen LogP contribution in [0.2, 0.25) is 0 Å². The maximum Gasteiger partial charge on any atom is 0.264 e. The molecule has 0 bridgehead atoms. The first-order chi connectivity index (χ1) is 4.86. The van der Waals surface area contributed by atoms with E-state index >= 15 is 0 Å². The summed E-state index contributed by atoms with van der Waals surface area (Å²) in [6.07, 6.45) is 0.798. The normalized spacial score (nSPS) is 14.4. The Labute approximate surface area is 56.8 Å². The SMILES string of the molecule is O=c1cc2c(n[nH]1)OCC2. The molecular weight excluding hydrogens is 132 g/mol. The lowest BCUT2D eigenvalue weighted by atomic mass is 10.2. The molecule has 4 heteroatoms. The van der Waals surface area contributed by atoms with Gasteiger partial charge in [0.05, 0.1) is 6.61 Å². The standard InChI is InChI=1S/C6H6N2O2/c9-5-3-4-1-2-10-6(4)8-7-5/h3H,1-2H2,(H,7,9). The first-order valence-corrected chi connectivity index (χ1v) is 3.08. The van der Waals surface area contributed by atoms with Crippen molar-refractivity contribution in [2.24, 2.45) is 0 Å². The Kier molecular flexibility index (Phi) is 1.00. The van der Waals surface area contributed by atoms with Crippen LogP contribution in [-0.2, 0) is 6.42 Å². The molecule has 1 aliphatic heterocycles. The molecule has 52 valence electrons. The average molecular weight is 138 g/mol. The van der Waals surface area contributed by atoms with Gasteiger partial charge in [0, 0.05) is 18.1 Å². The van der Waals surface area contributed by atoms with Gasteiger partial charge < -0.3 is 4.74 Å². The molecule has 0 spiro atoms. The lowest BCUT2D eigenvalue weighted by molar-refractivity contribution is 0.341. The summed E-state index contributed by atoms with van der Waals surface area (Å²) in [5, 5.41) is 6.00. The van der Waals surface area contributed by atoms with E-state index in [1.807, 2.05) is 0 Å². The lowest BCUT2D eigenvalue weighted by Gasteiger charge is -1.92. The molecule has 1 aromatic rings. The van der Waals surface area contributed by atoms with Gasteiger partial charge in [0.2, 0.25) is 5.88 Å². The van der Waals surface area contributed by atoms with Gasteiger partial charge >= 0.3 is 0 Å². The summed E-state index contributed by atoms with van der Waals surface area (Å²) in [6, 6.07) is 1.52. The van der Waals surface area contributed by atoms with Crippen LogP contribution in [0, 0.1) is 0 Å². The van der Waals surface area contributed by atoms with Gasteiger partial charge in [-0.25, -0.2) is 5.10 Å². The van der Waals surface area contributed by atoms with Crippen LogP contribution in [0.15, 0.2) is 10.9 Å². The van der Waals surface area contributed by atoms with Crippen molar-refractivity contribution >= 4 is 0 Å². The smallest absolute Gasteiger partial charge is 0.264 e. The molecule has 0 amide bonds. The molecule has 1 aliphatic rings. The van der Waals surface area contributed by atoms with Gasteiger partial charge in [-0.2, -0.15) is 0 Å². The number of nitrogens with one attached hydrogen (secondary N) is 1. The largest absolute Gasteiger partial charge is 0.476 e. The molecule has 0 radical (unpaired) electrons. The van der Waals surface area contributed by atoms with Crippen molar-refractivity contribution in [1.82, 2.24) is 10.2 Å². The summed E-state index contributed by atoms with van der Waals surface area (Å²) >= 11 is 0. The number of nitrogens with zero attached hydrogens (tertiary/aromatic N) is 1. The molecule has 0 fully saturated rings. The molecule has 10 heavy (non-hydrogen) atoms. The zero-order valence-electron chi connectivity index (χ0n) is 5.26. The van der Waals surface area contributed by atoms with E-state index in [0.717, 1.165) is 12.0 Å². The van der Waals surface area contributed by atoms with Gasteiger partial charge in [-0.3, -0.25) is 4.79 Å². The Hall–Kier alpha value is -1.32. The number of hydrogen-bond donors (Lipinski definition) is 1. The molecule has 0 saturated carbocycles. The molecule has 0 atom stereocenters. The fourth-order valence-electron chi connectivity index (χ4n) is 0.992. The Bertz CT molecular complexity index is 305. The molecule has 1 aromatic heterocycles. The second-order valence-electron chi connectivity index (χ2n) is 2.16. The van der Waals surface area contributed by atoms with Crippen molar-refractivity contribution in [3.63, 3.8) is 0 Å². The number of aromatic nitrogens is 2. The van der Waals surface area contributed by atoms with Crippen molar-refractivity contribution in [3.8, 4) is 5.88 Å². The van der Waals surface area contributed by atoms with Crippen LogP contribution in [0.25, 0.3) is 0 Å². The fourth-order valence-corrected chi connectivity index (χ4v) is 0.992. The van der Waals surface area contributed by atoms with E-state index in [2.05, 4.69) is 10.2 Å². The molecule has 0 saturated heterocycles. The third-order valence-electron chi connectivity index (χ3n) is 1.46. The highest BCUT2D eigenvalue weighted by Gasteiger charge is 2.12. The van der Waals surface area contributed by atoms with Crippen molar-refractivity contribution in [2.45, 2.75) is 6.42 Å². The zero-order chi connectivity index (χ0) is 6.97. The van der Waals surface area contributed by atoms with E-state index < -0.39 is 0 Å². The second-order valence-corrected chi connectivity index (χ2v) is 2.16. The highest BCUT2D eigenvalue weighted by atomic mass is 16.5. The minimum atomic E-state index is -0.163. The second kappa shape index (κ2) is 1.83. The van der Waals surface area contributed by atoms with Gasteiger partial charge in [-0.05, 0) is 0 Å². The predicted molar refractivity (Wildman–Crippen MR) is 34.1 cm³/mol. The van der Waals surface area contributed by atoms with Gasteiger partial charge in [-0.1, -0.05) is 0 Å². The number of aromatic amines is 1. The van der Waals surface area contributed by atoms with Crippen LogP contribution in [0.1, 0.15) is 5.56 Å². The third kappa shape index (κ3) is 0.689. The van der Waals surface area contributed by atoms with E-state index in [1.54, 1.807) is 0 Å². The van der Waals surface area contributed by atoms with Crippen LogP contribution in [0.3, 0.4) is 0 Å². The Morgan fingerprint density at radius 2 is 2.60 bits per heavy atom. The van der Waals surface area contributed by atoms with E-state index in [0.29, 0.717) is 12.5 Å². The first-order valence-electron chi connectivity index (χ1n) is 3.08. The summed E-state index contributed by atoms with van der Waals surface area (Å²) in [5.41, 5.74) is 0.744. The average Bonchev–Trinajstić information content (AvgIpc) is 2.33. The summed E-state index contributed by atoms with van der Waals surface area (Å²) in [4.78, 5) is 10.7. The molecule has 4 nitrogen and oxygen atoms in total. The minimum Gasteiger partial charge on any atom is -0.476 e. The Morgan fingerprint density at radius 1 is 1.70 bits per heavy atom. The van der Waals surface area contributed by atoms with E-state index in [9.17, 15) is 4.79 Å². The Morgan fingerprint density at radius 3 is 3.50 bits per heavy atom. The highest BCUT2D eigenvalue weighted by molar-refractivity contribution is 5.26. The van der Waals surface area contributed by atoms with Crippen molar-refractivity contribution in [2.75, 3.05) is 6.61 Å². The van der Waals surface area contributed by atoms with Gasteiger partial charge in [0.15, 0.2) is 0 Å². The summed E-state index contributed by atoms with van der Waals surface area (Å²) < 4.78 is 5.07. The number of fused-ring (bicyclic) bond motifs is 1. The highest BCUT2D eigenvalue weighted by Crippen LogP contribution is 2.17. The fraction of sp³-hybridized carbons (Fsp3) is 0.333. The quantitative estimate of drug-likeness (QED) is 0.535. The monoisotopic (exact) mass is 138 g/mol. The van der Waals surface area contributed by atoms with Crippen LogP contribution in [0.5, 0.6) is 5.88 Å². The lowest BCUT2D eigenvalue weighted by Crippen LogP contribution is -2.06. The number of ether oxygens (including phenoxy) is 1. The minimum absolute atomic E-state index is 0.163. The molecule has 0 aromatic carbocycles. The van der Waals surface area contributed by atoms with Gasteiger partial charge in [-0.15, -0.1) is 5.10 Å². The molecule has 0 unspecified atom stereocenters. The zero-order valence-corrected chi connectivity index (χ0v) is 5.26. The van der Waals surface area contributed by atoms with Gasteiger partial charge in [0.1, 0.15) is 0 Å². The predicted octanol–water partition coefficient (Wildman–Crippen LogP) is -0.295. The van der Waals surface area contributed by atoms with Crippen LogP contribution in [-0.4, -0.2) is 16.8 Å². The van der Waals surface area contributed by atoms with E-state index in [1.165, 1.54) is 6.07 Å². The first kappa shape index (κ1) is 5.46. The number of H-pyrrole nitrogens is 1. The topological polar surface area (TPSA) is 55.0 Å².